The molecule has 116 valence electrons. The van der Waals surface area contributed by atoms with Gasteiger partial charge in [0.1, 0.15) is 5.60 Å². The van der Waals surface area contributed by atoms with Crippen molar-refractivity contribution in [2.45, 2.75) is 19.4 Å². The van der Waals surface area contributed by atoms with Gasteiger partial charge >= 0.3 is 0 Å². The third-order valence-electron chi connectivity index (χ3n) is 4.12. The minimum atomic E-state index is -0.609. The summed E-state index contributed by atoms with van der Waals surface area (Å²) in [5, 5.41) is 21.2. The summed E-state index contributed by atoms with van der Waals surface area (Å²) in [4.78, 5) is 15.9. The Morgan fingerprint density at radius 2 is 1.87 bits per heavy atom. The maximum Gasteiger partial charge on any atom is 0.202 e. The number of phenolic OH excluding ortho intramolecular Hbond substituents is 2. The number of phenols is 2. The molecule has 0 spiro atoms. The summed E-state index contributed by atoms with van der Waals surface area (Å²) >= 11 is 0. The Bertz CT molecular complexity index is 1060. The van der Waals surface area contributed by atoms with Crippen LogP contribution < -0.4 is 10.2 Å². The molecule has 0 unspecified atom stereocenters. The number of rotatable bonds is 0. The van der Waals surface area contributed by atoms with Gasteiger partial charge in [-0.25, -0.2) is 0 Å². The number of ether oxygens (including phenoxy) is 1. The molecule has 0 aliphatic carbocycles. The lowest BCUT2D eigenvalue weighted by Gasteiger charge is -2.29. The fraction of sp³-hybridized carbons (Fsp3) is 0.167. The first-order chi connectivity index (χ1) is 10.9. The number of H-pyrrole nitrogens is 1. The molecular weight excluding hydrogens is 294 g/mol. The molecule has 5 nitrogen and oxygen atoms in total. The number of aromatic hydroxyl groups is 2. The van der Waals surface area contributed by atoms with Crippen molar-refractivity contribution in [3.05, 3.63) is 46.1 Å². The Balaban J connectivity index is 2.24. The second-order valence-electron chi connectivity index (χ2n) is 6.23. The van der Waals surface area contributed by atoms with E-state index in [1.165, 1.54) is 0 Å². The highest BCUT2D eigenvalue weighted by atomic mass is 16.5. The lowest BCUT2D eigenvalue weighted by Crippen LogP contribution is -2.27. The minimum absolute atomic E-state index is 0.0629. The van der Waals surface area contributed by atoms with Gasteiger partial charge in [-0.15, -0.1) is 0 Å². The molecule has 5 heteroatoms. The van der Waals surface area contributed by atoms with Crippen molar-refractivity contribution in [3.8, 4) is 17.2 Å². The summed E-state index contributed by atoms with van der Waals surface area (Å²) in [6.07, 6.45) is 3.64. The van der Waals surface area contributed by atoms with Gasteiger partial charge in [0, 0.05) is 16.5 Å². The molecule has 0 saturated heterocycles. The summed E-state index contributed by atoms with van der Waals surface area (Å²) in [6, 6.07) is 7.05. The van der Waals surface area contributed by atoms with Crippen molar-refractivity contribution in [2.75, 3.05) is 0 Å². The van der Waals surface area contributed by atoms with Crippen LogP contribution in [-0.4, -0.2) is 20.8 Å². The predicted molar refractivity (Wildman–Crippen MR) is 89.1 cm³/mol. The van der Waals surface area contributed by atoms with Crippen LogP contribution in [0.15, 0.2) is 35.1 Å². The quantitative estimate of drug-likeness (QED) is 0.439. The summed E-state index contributed by atoms with van der Waals surface area (Å²) in [7, 11) is 0. The van der Waals surface area contributed by atoms with E-state index in [9.17, 15) is 15.0 Å². The maximum absolute atomic E-state index is 12.7. The van der Waals surface area contributed by atoms with E-state index < -0.39 is 17.1 Å². The summed E-state index contributed by atoms with van der Waals surface area (Å²) < 4.78 is 5.77. The molecular formula is C18H15NO4. The first kappa shape index (κ1) is 13.7. The Labute approximate surface area is 131 Å². The highest BCUT2D eigenvalue weighted by molar-refractivity contribution is 6.03. The van der Waals surface area contributed by atoms with Crippen LogP contribution in [0.1, 0.15) is 19.4 Å². The van der Waals surface area contributed by atoms with E-state index in [1.807, 2.05) is 26.0 Å². The van der Waals surface area contributed by atoms with E-state index in [0.717, 1.165) is 0 Å². The number of hydrogen-bond donors (Lipinski definition) is 3. The lowest BCUT2D eigenvalue weighted by atomic mass is 9.98. The summed E-state index contributed by atoms with van der Waals surface area (Å²) in [5.41, 5.74) is 0.726. The van der Waals surface area contributed by atoms with Gasteiger partial charge in [-0.3, -0.25) is 4.79 Å². The van der Waals surface area contributed by atoms with Crippen molar-refractivity contribution >= 4 is 27.9 Å². The normalized spacial score (nSPS) is 15.6. The molecule has 1 aliphatic rings. The first-order valence-corrected chi connectivity index (χ1v) is 7.30. The fourth-order valence-corrected chi connectivity index (χ4v) is 2.97. The molecule has 1 aromatic heterocycles. The van der Waals surface area contributed by atoms with Crippen molar-refractivity contribution in [1.82, 2.24) is 4.98 Å². The third kappa shape index (κ3) is 1.83. The largest absolute Gasteiger partial charge is 0.504 e. The number of benzene rings is 2. The number of aromatic nitrogens is 1. The predicted octanol–water partition coefficient (Wildman–Crippen LogP) is 3.28. The van der Waals surface area contributed by atoms with Crippen LogP contribution in [0.25, 0.3) is 27.9 Å². The maximum atomic E-state index is 12.7. The van der Waals surface area contributed by atoms with E-state index in [1.54, 1.807) is 24.3 Å². The van der Waals surface area contributed by atoms with Crippen LogP contribution >= 0.6 is 0 Å². The number of hydrogen-bond acceptors (Lipinski definition) is 4. The van der Waals surface area contributed by atoms with Gasteiger partial charge < -0.3 is 19.9 Å². The number of nitrogens with one attached hydrogen (secondary N) is 1. The van der Waals surface area contributed by atoms with Crippen molar-refractivity contribution in [2.24, 2.45) is 0 Å². The number of fused-ring (bicyclic) bond motifs is 4. The standard InChI is InChI=1S/C18H15NO4/c1-18(2)8-7-10-13-12(15(21)16(22)17(10)23-18)14(20)9-5-3-4-6-11(9)19-13/h3-8,21-22H,1-2H3,(H,19,20). The zero-order valence-corrected chi connectivity index (χ0v) is 12.7. The van der Waals surface area contributed by atoms with E-state index in [2.05, 4.69) is 4.98 Å². The van der Waals surface area contributed by atoms with Gasteiger partial charge in [0.15, 0.2) is 11.5 Å². The van der Waals surface area contributed by atoms with Gasteiger partial charge in [-0.2, -0.15) is 0 Å². The van der Waals surface area contributed by atoms with Crippen molar-refractivity contribution in [1.29, 1.82) is 0 Å². The van der Waals surface area contributed by atoms with Crippen LogP contribution in [0.5, 0.6) is 17.2 Å². The van der Waals surface area contributed by atoms with Gasteiger partial charge in [-0.05, 0) is 38.1 Å². The second kappa shape index (κ2) is 4.29. The van der Waals surface area contributed by atoms with Gasteiger partial charge in [0.2, 0.25) is 11.2 Å². The molecule has 3 aromatic rings. The van der Waals surface area contributed by atoms with Gasteiger partial charge in [0.25, 0.3) is 0 Å². The van der Waals surface area contributed by atoms with E-state index in [0.29, 0.717) is 22.0 Å². The van der Waals surface area contributed by atoms with Crippen LogP contribution in [0.3, 0.4) is 0 Å². The van der Waals surface area contributed by atoms with Crippen LogP contribution in [0.4, 0.5) is 0 Å². The molecule has 23 heavy (non-hydrogen) atoms. The topological polar surface area (TPSA) is 82.5 Å². The highest BCUT2D eigenvalue weighted by Gasteiger charge is 2.29. The average molecular weight is 309 g/mol. The molecule has 0 amide bonds. The monoisotopic (exact) mass is 309 g/mol. The molecule has 2 aromatic carbocycles. The third-order valence-corrected chi connectivity index (χ3v) is 4.12. The minimum Gasteiger partial charge on any atom is -0.504 e. The van der Waals surface area contributed by atoms with E-state index in [4.69, 9.17) is 4.74 Å². The van der Waals surface area contributed by atoms with Crippen molar-refractivity contribution < 1.29 is 14.9 Å². The Kier molecular flexibility index (Phi) is 2.55. The number of pyridine rings is 1. The van der Waals surface area contributed by atoms with Crippen LogP contribution in [0, 0.1) is 0 Å². The zero-order chi connectivity index (χ0) is 16.4. The molecule has 1 aliphatic heterocycles. The molecule has 0 atom stereocenters. The Morgan fingerprint density at radius 1 is 1.13 bits per heavy atom. The Hall–Kier alpha value is -2.95. The molecule has 3 N–H and O–H groups in total. The SMILES string of the molecule is CC1(C)C=Cc2c(c(O)c(O)c3c(=O)c4ccccc4[nH]c23)O1. The molecule has 2 heterocycles. The van der Waals surface area contributed by atoms with Crippen LogP contribution in [-0.2, 0) is 0 Å². The smallest absolute Gasteiger partial charge is 0.202 e. The Morgan fingerprint density at radius 3 is 2.65 bits per heavy atom. The van der Waals surface area contributed by atoms with Crippen molar-refractivity contribution in [3.63, 3.8) is 0 Å². The van der Waals surface area contributed by atoms with E-state index in [-0.39, 0.29) is 16.6 Å². The molecule has 0 saturated carbocycles. The zero-order valence-electron chi connectivity index (χ0n) is 12.7. The summed E-state index contributed by atoms with van der Waals surface area (Å²) in [6.45, 7) is 3.69. The molecule has 4 rings (SSSR count). The van der Waals surface area contributed by atoms with Gasteiger partial charge in [0.05, 0.1) is 10.9 Å². The number of aromatic amines is 1. The average Bonchev–Trinajstić information content (AvgIpc) is 2.52. The summed E-state index contributed by atoms with van der Waals surface area (Å²) in [5.74, 6) is -0.698. The lowest BCUT2D eigenvalue weighted by molar-refractivity contribution is 0.152. The van der Waals surface area contributed by atoms with Gasteiger partial charge in [-0.1, -0.05) is 12.1 Å². The number of para-hydroxylation sites is 1. The molecule has 0 fully saturated rings. The van der Waals surface area contributed by atoms with E-state index >= 15 is 0 Å². The molecule has 0 radical (unpaired) electrons. The first-order valence-electron chi connectivity index (χ1n) is 7.30. The fourth-order valence-electron chi connectivity index (χ4n) is 2.97. The molecule has 0 bridgehead atoms. The second-order valence-corrected chi connectivity index (χ2v) is 6.23. The van der Waals surface area contributed by atoms with Crippen LogP contribution in [0.2, 0.25) is 0 Å². The highest BCUT2D eigenvalue weighted by Crippen LogP contribution is 2.47.